The molecule has 2 aromatic rings. The summed E-state index contributed by atoms with van der Waals surface area (Å²) in [6.07, 6.45) is 3.98. The van der Waals surface area contributed by atoms with Gasteiger partial charge in [0.1, 0.15) is 0 Å². The van der Waals surface area contributed by atoms with Gasteiger partial charge in [-0.1, -0.05) is 29.3 Å². The number of carbonyl (C=O) groups excluding carboxylic acids is 3. The van der Waals surface area contributed by atoms with E-state index in [0.29, 0.717) is 52.6 Å². The van der Waals surface area contributed by atoms with Crippen molar-refractivity contribution in [3.63, 3.8) is 0 Å². The number of Topliss-reactive ketones (excluding diaryl/α,β-unsaturated/α-hetero) is 2. The lowest BCUT2D eigenvalue weighted by Gasteiger charge is -2.37. The number of benzene rings is 2. The third-order valence-corrected chi connectivity index (χ3v) is 7.95. The van der Waals surface area contributed by atoms with Gasteiger partial charge < -0.3 is 20.1 Å². The zero-order valence-corrected chi connectivity index (χ0v) is 23.4. The minimum absolute atomic E-state index is 0.0426. The van der Waals surface area contributed by atoms with Crippen molar-refractivity contribution in [2.24, 2.45) is 0 Å². The molecule has 0 bridgehead atoms. The predicted molar refractivity (Wildman–Crippen MR) is 151 cm³/mol. The molecule has 3 aliphatic rings. The van der Waals surface area contributed by atoms with E-state index in [1.165, 1.54) is 0 Å². The first-order chi connectivity index (χ1) is 18.8. The largest absolute Gasteiger partial charge is 0.490 e. The topological polar surface area (TPSA) is 93.7 Å². The molecule has 0 aromatic heterocycles. The molecule has 5 rings (SSSR count). The average Bonchev–Trinajstić information content (AvgIpc) is 2.89. The smallest absolute Gasteiger partial charge is 0.262 e. The molecule has 0 saturated heterocycles. The summed E-state index contributed by atoms with van der Waals surface area (Å²) in [5.41, 5.74) is 5.22. The van der Waals surface area contributed by atoms with Crippen molar-refractivity contribution in [3.8, 4) is 11.5 Å². The first-order valence-electron chi connectivity index (χ1n) is 13.2. The fraction of sp³-hybridized carbons (Fsp3) is 0.367. The highest BCUT2D eigenvalue weighted by Gasteiger charge is 2.40. The van der Waals surface area contributed by atoms with E-state index < -0.39 is 5.92 Å². The van der Waals surface area contributed by atoms with E-state index in [9.17, 15) is 14.4 Å². The number of dihydropyridines is 1. The lowest BCUT2D eigenvalue weighted by Crippen LogP contribution is -2.36. The van der Waals surface area contributed by atoms with Crippen LogP contribution in [0.15, 0.2) is 52.9 Å². The number of rotatable bonds is 7. The Labute approximate surface area is 237 Å². The summed E-state index contributed by atoms with van der Waals surface area (Å²) >= 11 is 12.9. The Morgan fingerprint density at radius 1 is 0.949 bits per heavy atom. The van der Waals surface area contributed by atoms with Crippen LogP contribution >= 0.6 is 23.2 Å². The van der Waals surface area contributed by atoms with Gasteiger partial charge in [-0.25, -0.2) is 0 Å². The number of anilines is 1. The van der Waals surface area contributed by atoms with Gasteiger partial charge in [-0.3, -0.25) is 14.4 Å². The molecular weight excluding hydrogens is 539 g/mol. The number of carbonyl (C=O) groups is 3. The van der Waals surface area contributed by atoms with Crippen LogP contribution in [0.4, 0.5) is 5.69 Å². The Bertz CT molecular complexity index is 1390. The summed E-state index contributed by atoms with van der Waals surface area (Å²) in [6, 6.07) is 8.74. The maximum atomic E-state index is 13.1. The van der Waals surface area contributed by atoms with E-state index in [-0.39, 0.29) is 34.9 Å². The number of ketones is 2. The normalized spacial score (nSPS) is 17.4. The molecule has 2 aliphatic carbocycles. The number of amides is 1. The van der Waals surface area contributed by atoms with Crippen LogP contribution in [0.3, 0.4) is 0 Å². The Morgan fingerprint density at radius 3 is 2.23 bits per heavy atom. The number of halogens is 2. The van der Waals surface area contributed by atoms with Crippen LogP contribution in [0, 0.1) is 6.92 Å². The summed E-state index contributed by atoms with van der Waals surface area (Å²) in [4.78, 5) is 38.9. The molecule has 204 valence electrons. The average molecular weight is 569 g/mol. The van der Waals surface area contributed by atoms with Gasteiger partial charge in [-0.2, -0.15) is 0 Å². The molecule has 0 radical (unpaired) electrons. The van der Waals surface area contributed by atoms with E-state index >= 15 is 0 Å². The minimum Gasteiger partial charge on any atom is -0.490 e. The molecule has 9 heteroatoms. The van der Waals surface area contributed by atoms with Crippen molar-refractivity contribution in [2.45, 2.75) is 58.3 Å². The first-order valence-corrected chi connectivity index (χ1v) is 14.0. The first kappa shape index (κ1) is 27.3. The lowest BCUT2D eigenvalue weighted by molar-refractivity contribution is -0.118. The van der Waals surface area contributed by atoms with Gasteiger partial charge in [-0.05, 0) is 74.9 Å². The van der Waals surface area contributed by atoms with Crippen LogP contribution in [0.1, 0.15) is 62.5 Å². The molecule has 7 nitrogen and oxygen atoms in total. The predicted octanol–water partition coefficient (Wildman–Crippen LogP) is 6.42. The zero-order valence-electron chi connectivity index (χ0n) is 21.9. The highest BCUT2D eigenvalue weighted by molar-refractivity contribution is 6.32. The molecular formula is C30H30Cl2N2O5. The van der Waals surface area contributed by atoms with Gasteiger partial charge in [-0.15, -0.1) is 0 Å². The molecule has 39 heavy (non-hydrogen) atoms. The number of hydrogen-bond acceptors (Lipinski definition) is 6. The lowest BCUT2D eigenvalue weighted by atomic mass is 9.71. The van der Waals surface area contributed by atoms with Crippen molar-refractivity contribution in [2.75, 3.05) is 18.5 Å². The molecule has 2 N–H and O–H groups in total. The highest BCUT2D eigenvalue weighted by Crippen LogP contribution is 2.48. The number of allylic oxidation sites excluding steroid dienone is 4. The third kappa shape index (κ3) is 5.56. The zero-order chi connectivity index (χ0) is 27.7. The number of hydrogen-bond donors (Lipinski definition) is 2. The molecule has 0 spiro atoms. The SMILES string of the molecule is CCOc1cc(C2C3=C(CCCC3=O)NC3=C2C(=O)CCC3)cc(Cl)c1OCC(=O)Nc1ccc(C)c(Cl)c1. The van der Waals surface area contributed by atoms with Gasteiger partial charge in [0.2, 0.25) is 0 Å². The van der Waals surface area contributed by atoms with Crippen LogP contribution in [-0.2, 0) is 14.4 Å². The van der Waals surface area contributed by atoms with E-state index in [2.05, 4.69) is 10.6 Å². The second-order valence-electron chi connectivity index (χ2n) is 9.96. The van der Waals surface area contributed by atoms with Gasteiger partial charge in [0.05, 0.1) is 11.6 Å². The third-order valence-electron chi connectivity index (χ3n) is 7.26. The fourth-order valence-corrected chi connectivity index (χ4v) is 5.93. The van der Waals surface area contributed by atoms with Crippen LogP contribution in [-0.4, -0.2) is 30.7 Å². The van der Waals surface area contributed by atoms with Crippen molar-refractivity contribution in [1.29, 1.82) is 0 Å². The Kier molecular flexibility index (Phi) is 8.01. The quantitative estimate of drug-likeness (QED) is 0.400. The maximum Gasteiger partial charge on any atom is 0.262 e. The Balaban J connectivity index is 1.46. The number of nitrogens with one attached hydrogen (secondary N) is 2. The second-order valence-corrected chi connectivity index (χ2v) is 10.8. The van der Waals surface area contributed by atoms with E-state index in [4.69, 9.17) is 32.7 Å². The van der Waals surface area contributed by atoms with E-state index in [0.717, 1.165) is 42.6 Å². The number of ether oxygens (including phenoxy) is 2. The fourth-order valence-electron chi connectivity index (χ4n) is 5.48. The van der Waals surface area contributed by atoms with Gasteiger partial charge in [0, 0.05) is 52.0 Å². The molecule has 1 heterocycles. The van der Waals surface area contributed by atoms with E-state index in [1.807, 2.05) is 19.9 Å². The Hall–Kier alpha value is -3.29. The molecule has 0 saturated carbocycles. The molecule has 2 aromatic carbocycles. The van der Waals surface area contributed by atoms with Crippen molar-refractivity contribution < 1.29 is 23.9 Å². The van der Waals surface area contributed by atoms with Crippen LogP contribution in [0.25, 0.3) is 0 Å². The second kappa shape index (κ2) is 11.4. The molecule has 1 aliphatic heterocycles. The summed E-state index contributed by atoms with van der Waals surface area (Å²) in [5.74, 6) is -0.248. The van der Waals surface area contributed by atoms with Crippen molar-refractivity contribution in [3.05, 3.63) is 74.0 Å². The van der Waals surface area contributed by atoms with Gasteiger partial charge in [0.15, 0.2) is 29.7 Å². The van der Waals surface area contributed by atoms with Crippen LogP contribution in [0.5, 0.6) is 11.5 Å². The minimum atomic E-state index is -0.516. The monoisotopic (exact) mass is 568 g/mol. The van der Waals surface area contributed by atoms with Crippen molar-refractivity contribution in [1.82, 2.24) is 5.32 Å². The van der Waals surface area contributed by atoms with Crippen LogP contribution < -0.4 is 20.1 Å². The molecule has 0 fully saturated rings. The number of aryl methyl sites for hydroxylation is 1. The molecule has 0 atom stereocenters. The summed E-state index contributed by atoms with van der Waals surface area (Å²) in [5, 5.41) is 6.96. The van der Waals surface area contributed by atoms with Crippen molar-refractivity contribution >= 4 is 46.4 Å². The van der Waals surface area contributed by atoms with E-state index in [1.54, 1.807) is 24.3 Å². The van der Waals surface area contributed by atoms with Crippen LogP contribution in [0.2, 0.25) is 10.0 Å². The van der Waals surface area contributed by atoms with Gasteiger partial charge in [0.25, 0.3) is 5.91 Å². The Morgan fingerprint density at radius 2 is 1.62 bits per heavy atom. The molecule has 0 unspecified atom stereocenters. The standard InChI is InChI=1S/C30H30Cl2N2O5/c1-3-38-25-13-17(12-20(32)30(25)39-15-26(37)33-18-11-10-16(2)19(31)14-18)27-28-21(6-4-8-23(28)35)34-22-7-5-9-24(36)29(22)27/h10-14,27,34H,3-9,15H2,1-2H3,(H,33,37). The van der Waals surface area contributed by atoms with Gasteiger partial charge >= 0.3 is 0 Å². The highest BCUT2D eigenvalue weighted by atomic mass is 35.5. The summed E-state index contributed by atoms with van der Waals surface area (Å²) in [6.45, 7) is 3.74. The maximum absolute atomic E-state index is 13.1. The summed E-state index contributed by atoms with van der Waals surface area (Å²) < 4.78 is 11.7. The summed E-state index contributed by atoms with van der Waals surface area (Å²) in [7, 11) is 0. The molecule has 1 amide bonds.